The third-order valence-corrected chi connectivity index (χ3v) is 1.80. The summed E-state index contributed by atoms with van der Waals surface area (Å²) in [6.07, 6.45) is 5.82. The summed E-state index contributed by atoms with van der Waals surface area (Å²) in [5.74, 6) is 0.500. The van der Waals surface area contributed by atoms with Crippen LogP contribution < -0.4 is 0 Å². The quantitative estimate of drug-likeness (QED) is 0.589. The van der Waals surface area contributed by atoms with Crippen molar-refractivity contribution in [1.29, 1.82) is 5.41 Å². The van der Waals surface area contributed by atoms with Crippen LogP contribution in [-0.2, 0) is 0 Å². The Balaban J connectivity index is 2.89. The SMILES string of the molecule is C=C1C=CC(C(C)C)=CC1=N. The summed E-state index contributed by atoms with van der Waals surface area (Å²) in [6.45, 7) is 7.98. The van der Waals surface area contributed by atoms with Crippen molar-refractivity contribution in [2.24, 2.45) is 5.92 Å². The molecule has 0 heterocycles. The van der Waals surface area contributed by atoms with Crippen molar-refractivity contribution < 1.29 is 0 Å². The fourth-order valence-electron chi connectivity index (χ4n) is 0.953. The molecule has 0 amide bonds. The van der Waals surface area contributed by atoms with Crippen molar-refractivity contribution in [1.82, 2.24) is 0 Å². The third-order valence-electron chi connectivity index (χ3n) is 1.80. The second-order valence-electron chi connectivity index (χ2n) is 3.07. The molecule has 58 valence electrons. The summed E-state index contributed by atoms with van der Waals surface area (Å²) in [4.78, 5) is 0. The predicted molar refractivity (Wildman–Crippen MR) is 48.9 cm³/mol. The summed E-state index contributed by atoms with van der Waals surface area (Å²) < 4.78 is 0. The van der Waals surface area contributed by atoms with Crippen molar-refractivity contribution in [2.75, 3.05) is 0 Å². The topological polar surface area (TPSA) is 23.9 Å². The van der Waals surface area contributed by atoms with Crippen molar-refractivity contribution in [3.63, 3.8) is 0 Å². The highest BCUT2D eigenvalue weighted by atomic mass is 14.4. The van der Waals surface area contributed by atoms with Gasteiger partial charge in [0.2, 0.25) is 0 Å². The molecule has 1 N–H and O–H groups in total. The van der Waals surface area contributed by atoms with Crippen LogP contribution in [0.5, 0.6) is 0 Å². The van der Waals surface area contributed by atoms with E-state index in [0.717, 1.165) is 5.57 Å². The summed E-state index contributed by atoms with van der Waals surface area (Å²) in [5.41, 5.74) is 2.55. The molecule has 0 radical (unpaired) electrons. The van der Waals surface area contributed by atoms with E-state index in [1.165, 1.54) is 5.57 Å². The zero-order valence-electron chi connectivity index (χ0n) is 7.02. The predicted octanol–water partition coefficient (Wildman–Crippen LogP) is 2.71. The van der Waals surface area contributed by atoms with Gasteiger partial charge in [0, 0.05) is 0 Å². The second-order valence-corrected chi connectivity index (χ2v) is 3.07. The smallest absolute Gasteiger partial charge is 0.0609 e. The van der Waals surface area contributed by atoms with Crippen molar-refractivity contribution in [3.05, 3.63) is 36.0 Å². The Morgan fingerprint density at radius 1 is 1.36 bits per heavy atom. The highest BCUT2D eigenvalue weighted by Crippen LogP contribution is 2.17. The summed E-state index contributed by atoms with van der Waals surface area (Å²) in [5, 5.41) is 7.49. The van der Waals surface area contributed by atoms with E-state index in [-0.39, 0.29) is 0 Å². The van der Waals surface area contributed by atoms with Gasteiger partial charge in [0.05, 0.1) is 5.71 Å². The first-order valence-electron chi connectivity index (χ1n) is 3.78. The van der Waals surface area contributed by atoms with Gasteiger partial charge in [-0.05, 0) is 23.1 Å². The molecule has 1 nitrogen and oxygen atoms in total. The van der Waals surface area contributed by atoms with Gasteiger partial charge in [-0.25, -0.2) is 0 Å². The van der Waals surface area contributed by atoms with E-state index in [4.69, 9.17) is 5.41 Å². The van der Waals surface area contributed by atoms with Crippen LogP contribution in [0.15, 0.2) is 36.0 Å². The Labute approximate surface area is 67.6 Å². The molecule has 11 heavy (non-hydrogen) atoms. The van der Waals surface area contributed by atoms with Gasteiger partial charge < -0.3 is 5.41 Å². The Morgan fingerprint density at radius 3 is 2.45 bits per heavy atom. The average Bonchev–Trinajstić information content (AvgIpc) is 1.94. The Morgan fingerprint density at radius 2 is 2.00 bits per heavy atom. The summed E-state index contributed by atoms with van der Waals surface area (Å²) >= 11 is 0. The molecule has 0 aromatic heterocycles. The number of hydrogen-bond donors (Lipinski definition) is 1. The maximum atomic E-state index is 7.49. The normalized spacial score (nSPS) is 17.5. The Hall–Kier alpha value is -1.11. The lowest BCUT2D eigenvalue weighted by Gasteiger charge is -2.11. The molecular formula is C10H13N. The monoisotopic (exact) mass is 147 g/mol. The van der Waals surface area contributed by atoms with E-state index in [2.05, 4.69) is 20.4 Å². The molecule has 1 rings (SSSR count). The lowest BCUT2D eigenvalue weighted by Crippen LogP contribution is -2.03. The highest BCUT2D eigenvalue weighted by Gasteiger charge is 2.06. The zero-order chi connectivity index (χ0) is 8.43. The maximum absolute atomic E-state index is 7.49. The van der Waals surface area contributed by atoms with Gasteiger partial charge in [0.15, 0.2) is 0 Å². The van der Waals surface area contributed by atoms with Crippen LogP contribution in [0.1, 0.15) is 13.8 Å². The first-order valence-corrected chi connectivity index (χ1v) is 3.78. The molecule has 1 aliphatic carbocycles. The maximum Gasteiger partial charge on any atom is 0.0609 e. The Kier molecular flexibility index (Phi) is 2.08. The van der Waals surface area contributed by atoms with Crippen LogP contribution in [0, 0.1) is 11.3 Å². The fourth-order valence-corrected chi connectivity index (χ4v) is 0.953. The Bertz CT molecular complexity index is 254. The van der Waals surface area contributed by atoms with Gasteiger partial charge in [-0.1, -0.05) is 32.6 Å². The number of hydrogen-bond acceptors (Lipinski definition) is 1. The molecule has 0 fully saturated rings. The summed E-state index contributed by atoms with van der Waals surface area (Å²) in [6, 6.07) is 0. The van der Waals surface area contributed by atoms with Crippen LogP contribution in [-0.4, -0.2) is 5.71 Å². The van der Waals surface area contributed by atoms with Crippen LogP contribution in [0.3, 0.4) is 0 Å². The number of allylic oxidation sites excluding steroid dienone is 5. The van der Waals surface area contributed by atoms with E-state index in [1.807, 2.05) is 18.2 Å². The molecule has 0 bridgehead atoms. The lowest BCUT2D eigenvalue weighted by molar-refractivity contribution is 0.791. The van der Waals surface area contributed by atoms with Gasteiger partial charge in [-0.3, -0.25) is 0 Å². The van der Waals surface area contributed by atoms with Gasteiger partial charge >= 0.3 is 0 Å². The van der Waals surface area contributed by atoms with Crippen LogP contribution in [0.25, 0.3) is 0 Å². The molecule has 0 aromatic carbocycles. The molecule has 0 aromatic rings. The van der Waals surface area contributed by atoms with Crippen molar-refractivity contribution in [3.8, 4) is 0 Å². The number of rotatable bonds is 1. The molecule has 1 heteroatoms. The lowest BCUT2D eigenvalue weighted by atomic mass is 9.94. The van der Waals surface area contributed by atoms with E-state index < -0.39 is 0 Å². The standard InChI is InChI=1S/C10H13N/c1-7(2)9-5-4-8(3)10(11)6-9/h4-7,11H,3H2,1-2H3. The van der Waals surface area contributed by atoms with E-state index >= 15 is 0 Å². The summed E-state index contributed by atoms with van der Waals surface area (Å²) in [7, 11) is 0. The molecule has 0 atom stereocenters. The minimum Gasteiger partial charge on any atom is -0.300 e. The third kappa shape index (κ3) is 1.67. The first kappa shape index (κ1) is 7.99. The van der Waals surface area contributed by atoms with Gasteiger partial charge in [0.25, 0.3) is 0 Å². The molecule has 0 unspecified atom stereocenters. The largest absolute Gasteiger partial charge is 0.300 e. The van der Waals surface area contributed by atoms with E-state index in [1.54, 1.807) is 0 Å². The van der Waals surface area contributed by atoms with Gasteiger partial charge in [-0.2, -0.15) is 0 Å². The van der Waals surface area contributed by atoms with E-state index in [0.29, 0.717) is 11.6 Å². The van der Waals surface area contributed by atoms with Crippen LogP contribution in [0.2, 0.25) is 0 Å². The highest BCUT2D eigenvalue weighted by molar-refractivity contribution is 6.09. The van der Waals surface area contributed by atoms with E-state index in [9.17, 15) is 0 Å². The molecular weight excluding hydrogens is 134 g/mol. The van der Waals surface area contributed by atoms with Crippen LogP contribution >= 0.6 is 0 Å². The van der Waals surface area contributed by atoms with Crippen LogP contribution in [0.4, 0.5) is 0 Å². The van der Waals surface area contributed by atoms with Gasteiger partial charge in [-0.15, -0.1) is 0 Å². The minimum absolute atomic E-state index is 0.500. The minimum atomic E-state index is 0.500. The van der Waals surface area contributed by atoms with Crippen molar-refractivity contribution in [2.45, 2.75) is 13.8 Å². The number of nitrogens with one attached hydrogen (secondary N) is 1. The molecule has 0 saturated carbocycles. The van der Waals surface area contributed by atoms with Crippen molar-refractivity contribution >= 4 is 5.71 Å². The first-order chi connectivity index (χ1) is 5.11. The van der Waals surface area contributed by atoms with Gasteiger partial charge in [0.1, 0.15) is 0 Å². The zero-order valence-corrected chi connectivity index (χ0v) is 7.02. The molecule has 1 aliphatic rings. The second kappa shape index (κ2) is 2.87. The molecule has 0 spiro atoms. The fraction of sp³-hybridized carbons (Fsp3) is 0.300. The molecule has 0 saturated heterocycles. The molecule has 0 aliphatic heterocycles. The average molecular weight is 147 g/mol.